The Kier molecular flexibility index (Phi) is 2.91. The third-order valence-corrected chi connectivity index (χ3v) is 3.38. The van der Waals surface area contributed by atoms with Gasteiger partial charge in [0, 0.05) is 0 Å². The van der Waals surface area contributed by atoms with Gasteiger partial charge in [0.1, 0.15) is 0 Å². The number of methoxy groups -OCH3 is 2. The van der Waals surface area contributed by atoms with E-state index in [4.69, 9.17) is 14.2 Å². The van der Waals surface area contributed by atoms with Crippen molar-refractivity contribution in [2.45, 2.75) is 37.5 Å². The molecule has 3 atom stereocenters. The monoisotopic (exact) mass is 252 g/mol. The summed E-state index contributed by atoms with van der Waals surface area (Å²) in [7, 11) is 3.03. The van der Waals surface area contributed by atoms with Gasteiger partial charge in [-0.15, -0.1) is 4.98 Å². The second kappa shape index (κ2) is 4.56. The van der Waals surface area contributed by atoms with Crippen LogP contribution in [0.2, 0.25) is 0 Å². The van der Waals surface area contributed by atoms with Crippen LogP contribution in [0, 0.1) is 0 Å². The van der Waals surface area contributed by atoms with E-state index < -0.39 is 0 Å². The molecule has 0 spiro atoms. The van der Waals surface area contributed by atoms with Gasteiger partial charge in [-0.1, -0.05) is 0 Å². The maximum atomic E-state index is 5.77. The SMILES string of the molecule is COc1nc(NC2CC3CCC2O3)nc(OC)n1. The average molecular weight is 252 g/mol. The van der Waals surface area contributed by atoms with E-state index in [9.17, 15) is 0 Å². The van der Waals surface area contributed by atoms with Gasteiger partial charge in [-0.3, -0.25) is 0 Å². The molecule has 2 saturated heterocycles. The molecule has 1 N–H and O–H groups in total. The van der Waals surface area contributed by atoms with E-state index in [1.54, 1.807) is 0 Å². The zero-order valence-electron chi connectivity index (χ0n) is 10.4. The highest BCUT2D eigenvalue weighted by Crippen LogP contribution is 2.35. The highest BCUT2D eigenvalue weighted by Gasteiger charge is 2.41. The van der Waals surface area contributed by atoms with Crippen LogP contribution in [0.4, 0.5) is 5.95 Å². The normalized spacial score (nSPS) is 29.3. The summed E-state index contributed by atoms with van der Waals surface area (Å²) in [6.07, 6.45) is 3.91. The molecule has 3 heterocycles. The van der Waals surface area contributed by atoms with E-state index in [1.165, 1.54) is 14.2 Å². The topological polar surface area (TPSA) is 78.4 Å². The first-order valence-corrected chi connectivity index (χ1v) is 6.04. The number of rotatable bonds is 4. The van der Waals surface area contributed by atoms with Gasteiger partial charge in [-0.05, 0) is 19.3 Å². The number of anilines is 1. The zero-order valence-corrected chi connectivity index (χ0v) is 10.4. The van der Waals surface area contributed by atoms with Crippen LogP contribution in [0.3, 0.4) is 0 Å². The predicted octanol–water partition coefficient (Wildman–Crippen LogP) is 0.621. The molecule has 3 unspecified atom stereocenters. The molecule has 7 nitrogen and oxygen atoms in total. The molecule has 0 amide bonds. The summed E-state index contributed by atoms with van der Waals surface area (Å²) < 4.78 is 15.8. The summed E-state index contributed by atoms with van der Waals surface area (Å²) in [6.45, 7) is 0. The Hall–Kier alpha value is -1.63. The number of hydrogen-bond donors (Lipinski definition) is 1. The van der Waals surface area contributed by atoms with Crippen LogP contribution < -0.4 is 14.8 Å². The first-order valence-electron chi connectivity index (χ1n) is 6.04. The van der Waals surface area contributed by atoms with E-state index in [1.807, 2.05) is 0 Å². The van der Waals surface area contributed by atoms with Gasteiger partial charge in [0.05, 0.1) is 32.5 Å². The van der Waals surface area contributed by atoms with Gasteiger partial charge in [0.2, 0.25) is 5.95 Å². The first-order chi connectivity index (χ1) is 8.78. The number of fused-ring (bicyclic) bond motifs is 2. The molecule has 2 bridgehead atoms. The van der Waals surface area contributed by atoms with Crippen molar-refractivity contribution in [3.63, 3.8) is 0 Å². The Balaban J connectivity index is 1.75. The van der Waals surface area contributed by atoms with Gasteiger partial charge >= 0.3 is 12.0 Å². The molecule has 7 heteroatoms. The molecule has 98 valence electrons. The number of nitrogens with one attached hydrogen (secondary N) is 1. The Bertz CT molecular complexity index is 420. The molecular weight excluding hydrogens is 236 g/mol. The lowest BCUT2D eigenvalue weighted by Gasteiger charge is -2.19. The summed E-state index contributed by atoms with van der Waals surface area (Å²) in [5, 5.41) is 3.27. The second-order valence-electron chi connectivity index (χ2n) is 4.49. The molecule has 0 saturated carbocycles. The standard InChI is InChI=1S/C11H16N4O3/c1-16-10-13-9(14-11(15-10)17-2)12-7-5-6-3-4-8(7)18-6/h6-8H,3-5H2,1-2H3,(H,12,13,14,15). The van der Waals surface area contributed by atoms with Crippen molar-refractivity contribution in [2.24, 2.45) is 0 Å². The van der Waals surface area contributed by atoms with Gasteiger partial charge < -0.3 is 19.5 Å². The Morgan fingerprint density at radius 2 is 1.83 bits per heavy atom. The summed E-state index contributed by atoms with van der Waals surface area (Å²) in [6, 6.07) is 0.752. The number of ether oxygens (including phenoxy) is 3. The molecular formula is C11H16N4O3. The predicted molar refractivity (Wildman–Crippen MR) is 62.9 cm³/mol. The quantitative estimate of drug-likeness (QED) is 0.841. The molecule has 1 aromatic rings. The van der Waals surface area contributed by atoms with Crippen LogP contribution in [0.1, 0.15) is 19.3 Å². The zero-order chi connectivity index (χ0) is 12.5. The van der Waals surface area contributed by atoms with Crippen LogP contribution in [0.25, 0.3) is 0 Å². The number of aromatic nitrogens is 3. The number of hydrogen-bond acceptors (Lipinski definition) is 7. The van der Waals surface area contributed by atoms with Crippen molar-refractivity contribution in [3.8, 4) is 12.0 Å². The lowest BCUT2D eigenvalue weighted by Crippen LogP contribution is -2.31. The summed E-state index contributed by atoms with van der Waals surface area (Å²) in [4.78, 5) is 12.3. The maximum absolute atomic E-state index is 5.77. The number of nitrogens with zero attached hydrogens (tertiary/aromatic N) is 3. The molecule has 0 radical (unpaired) electrons. The third kappa shape index (κ3) is 2.05. The minimum atomic E-state index is 0.244. The molecule has 0 aromatic carbocycles. The van der Waals surface area contributed by atoms with Crippen LogP contribution in [-0.2, 0) is 4.74 Å². The highest BCUT2D eigenvalue weighted by molar-refractivity contribution is 5.30. The van der Waals surface area contributed by atoms with Crippen molar-refractivity contribution >= 4 is 5.95 Å². The van der Waals surface area contributed by atoms with Crippen LogP contribution in [-0.4, -0.2) is 47.4 Å². The largest absolute Gasteiger partial charge is 0.467 e. The van der Waals surface area contributed by atoms with E-state index in [2.05, 4.69) is 20.3 Å². The summed E-state index contributed by atoms with van der Waals surface area (Å²) in [5.74, 6) is 0.472. The molecule has 2 aliphatic heterocycles. The van der Waals surface area contributed by atoms with Crippen LogP contribution >= 0.6 is 0 Å². The highest BCUT2D eigenvalue weighted by atomic mass is 16.5. The lowest BCUT2D eigenvalue weighted by atomic mass is 9.96. The van der Waals surface area contributed by atoms with E-state index in [0.29, 0.717) is 12.1 Å². The fourth-order valence-electron chi connectivity index (χ4n) is 2.54. The maximum Gasteiger partial charge on any atom is 0.324 e. The lowest BCUT2D eigenvalue weighted by molar-refractivity contribution is 0.102. The van der Waals surface area contributed by atoms with Crippen molar-refractivity contribution in [3.05, 3.63) is 0 Å². The molecule has 3 rings (SSSR count). The molecule has 1 aromatic heterocycles. The Morgan fingerprint density at radius 3 is 2.33 bits per heavy atom. The van der Waals surface area contributed by atoms with Crippen LogP contribution in [0.5, 0.6) is 12.0 Å². The fraction of sp³-hybridized carbons (Fsp3) is 0.727. The smallest absolute Gasteiger partial charge is 0.324 e. The fourth-order valence-corrected chi connectivity index (χ4v) is 2.54. The Morgan fingerprint density at radius 1 is 1.11 bits per heavy atom. The third-order valence-electron chi connectivity index (χ3n) is 3.38. The van der Waals surface area contributed by atoms with Crippen molar-refractivity contribution in [1.82, 2.24) is 15.0 Å². The van der Waals surface area contributed by atoms with Crippen LogP contribution in [0.15, 0.2) is 0 Å². The van der Waals surface area contributed by atoms with Crippen molar-refractivity contribution in [2.75, 3.05) is 19.5 Å². The van der Waals surface area contributed by atoms with Gasteiger partial charge in [-0.2, -0.15) is 9.97 Å². The molecule has 0 aliphatic carbocycles. The molecule has 2 aliphatic rings. The van der Waals surface area contributed by atoms with Crippen molar-refractivity contribution in [1.29, 1.82) is 0 Å². The van der Waals surface area contributed by atoms with Gasteiger partial charge in [0.15, 0.2) is 0 Å². The molecule has 18 heavy (non-hydrogen) atoms. The average Bonchev–Trinajstić information content (AvgIpc) is 3.00. The van der Waals surface area contributed by atoms with Gasteiger partial charge in [0.25, 0.3) is 0 Å². The minimum Gasteiger partial charge on any atom is -0.467 e. The Labute approximate surface area is 105 Å². The van der Waals surface area contributed by atoms with E-state index in [-0.39, 0.29) is 24.2 Å². The molecule has 2 fully saturated rings. The summed E-state index contributed by atoms with van der Waals surface area (Å²) >= 11 is 0. The van der Waals surface area contributed by atoms with E-state index in [0.717, 1.165) is 19.3 Å². The second-order valence-corrected chi connectivity index (χ2v) is 4.49. The summed E-state index contributed by atoms with van der Waals surface area (Å²) in [5.41, 5.74) is 0. The first kappa shape index (κ1) is 11.5. The van der Waals surface area contributed by atoms with Gasteiger partial charge in [-0.25, -0.2) is 0 Å². The van der Waals surface area contributed by atoms with E-state index >= 15 is 0 Å². The minimum absolute atomic E-state index is 0.244. The van der Waals surface area contributed by atoms with Crippen molar-refractivity contribution < 1.29 is 14.2 Å².